The van der Waals surface area contributed by atoms with Crippen molar-refractivity contribution in [3.63, 3.8) is 0 Å². The summed E-state index contributed by atoms with van der Waals surface area (Å²) in [6, 6.07) is 13.9. The first-order valence-electron chi connectivity index (χ1n) is 12.9. The van der Waals surface area contributed by atoms with Crippen LogP contribution in [0.5, 0.6) is 5.75 Å². The molecule has 208 valence electrons. The van der Waals surface area contributed by atoms with Crippen LogP contribution in [0.2, 0.25) is 0 Å². The number of ether oxygens (including phenoxy) is 1. The Morgan fingerprint density at radius 2 is 1.90 bits per heavy atom. The lowest BCUT2D eigenvalue weighted by atomic mass is 9.80. The quantitative estimate of drug-likeness (QED) is 0.314. The molecule has 2 aliphatic rings. The zero-order chi connectivity index (χ0) is 28.4. The van der Waals surface area contributed by atoms with Crippen molar-refractivity contribution in [2.24, 2.45) is 0 Å². The SMILES string of the molecule is COc1ccccc1N1CCN(Cc2noc(C3=C(C)NC(C)=C(C(=O)O)C3c3cccc([N+](=O)[O-])c3)n2)CC1. The highest BCUT2D eigenvalue weighted by Gasteiger charge is 2.37. The van der Waals surface area contributed by atoms with Gasteiger partial charge in [0.2, 0.25) is 0 Å². The summed E-state index contributed by atoms with van der Waals surface area (Å²) in [5.74, 6) is -0.486. The molecule has 5 rings (SSSR count). The molecule has 2 aliphatic heterocycles. The van der Waals surface area contributed by atoms with Crippen LogP contribution in [0.4, 0.5) is 11.4 Å². The highest BCUT2D eigenvalue weighted by molar-refractivity contribution is 5.95. The zero-order valence-corrected chi connectivity index (χ0v) is 22.5. The maximum Gasteiger partial charge on any atom is 0.334 e. The number of piperazine rings is 1. The number of nitrogens with zero attached hydrogens (tertiary/aromatic N) is 5. The molecule has 40 heavy (non-hydrogen) atoms. The Hall–Kier alpha value is -4.71. The smallest absolute Gasteiger partial charge is 0.334 e. The van der Waals surface area contributed by atoms with Crippen molar-refractivity contribution in [2.45, 2.75) is 26.3 Å². The number of benzene rings is 2. The molecule has 0 amide bonds. The molecular weight excluding hydrogens is 516 g/mol. The molecule has 1 unspecified atom stereocenters. The van der Waals surface area contributed by atoms with Crippen LogP contribution < -0.4 is 15.0 Å². The van der Waals surface area contributed by atoms with Crippen molar-refractivity contribution in [3.05, 3.63) is 92.9 Å². The first kappa shape index (κ1) is 26.9. The molecule has 2 N–H and O–H groups in total. The predicted octanol–water partition coefficient (Wildman–Crippen LogP) is 3.79. The van der Waals surface area contributed by atoms with E-state index in [0.717, 1.165) is 37.6 Å². The van der Waals surface area contributed by atoms with Crippen LogP contribution >= 0.6 is 0 Å². The van der Waals surface area contributed by atoms with Crippen LogP contribution in [-0.2, 0) is 11.3 Å². The molecule has 0 radical (unpaired) electrons. The lowest BCUT2D eigenvalue weighted by molar-refractivity contribution is -0.384. The third-order valence-corrected chi connectivity index (χ3v) is 7.27. The normalized spacial score (nSPS) is 18.1. The molecule has 3 heterocycles. The number of hydrogen-bond acceptors (Lipinski definition) is 10. The van der Waals surface area contributed by atoms with Gasteiger partial charge < -0.3 is 24.6 Å². The number of nitrogens with one attached hydrogen (secondary N) is 1. The molecule has 0 bridgehead atoms. The number of dihydropyridines is 1. The molecule has 0 saturated carbocycles. The van der Waals surface area contributed by atoms with Gasteiger partial charge in [0.05, 0.1) is 35.8 Å². The molecule has 12 heteroatoms. The van der Waals surface area contributed by atoms with E-state index in [0.29, 0.717) is 34.9 Å². The molecule has 0 aliphatic carbocycles. The van der Waals surface area contributed by atoms with Crippen LogP contribution in [-0.4, -0.2) is 64.3 Å². The van der Waals surface area contributed by atoms with Gasteiger partial charge in [-0.3, -0.25) is 15.0 Å². The summed E-state index contributed by atoms with van der Waals surface area (Å²) in [4.78, 5) is 32.4. The summed E-state index contributed by atoms with van der Waals surface area (Å²) in [5, 5.41) is 28.8. The lowest BCUT2D eigenvalue weighted by Gasteiger charge is -2.36. The number of carbonyl (C=O) groups is 1. The maximum atomic E-state index is 12.3. The molecular formula is C28H30N6O6. The number of methoxy groups -OCH3 is 1. The fourth-order valence-corrected chi connectivity index (χ4v) is 5.38. The van der Waals surface area contributed by atoms with Crippen LogP contribution in [0, 0.1) is 10.1 Å². The van der Waals surface area contributed by atoms with E-state index in [9.17, 15) is 20.0 Å². The van der Waals surface area contributed by atoms with E-state index < -0.39 is 16.8 Å². The van der Waals surface area contributed by atoms with Crippen molar-refractivity contribution >= 4 is 22.9 Å². The summed E-state index contributed by atoms with van der Waals surface area (Å²) in [6.07, 6.45) is 0. The third kappa shape index (κ3) is 5.25. The van der Waals surface area contributed by atoms with E-state index >= 15 is 0 Å². The van der Waals surface area contributed by atoms with Crippen LogP contribution in [0.1, 0.15) is 37.0 Å². The van der Waals surface area contributed by atoms with Gasteiger partial charge in [0.25, 0.3) is 11.6 Å². The number of aromatic nitrogens is 2. The van der Waals surface area contributed by atoms with Gasteiger partial charge in [-0.15, -0.1) is 0 Å². The van der Waals surface area contributed by atoms with Crippen LogP contribution in [0.25, 0.3) is 5.57 Å². The fourth-order valence-electron chi connectivity index (χ4n) is 5.38. The topological polar surface area (TPSA) is 147 Å². The van der Waals surface area contributed by atoms with Gasteiger partial charge in [0, 0.05) is 55.3 Å². The average Bonchev–Trinajstić information content (AvgIpc) is 3.40. The number of aliphatic carboxylic acids is 1. The average molecular weight is 547 g/mol. The highest BCUT2D eigenvalue weighted by atomic mass is 16.6. The first-order valence-corrected chi connectivity index (χ1v) is 12.9. The fraction of sp³-hybridized carbons (Fsp3) is 0.321. The van der Waals surface area contributed by atoms with Crippen molar-refractivity contribution in [3.8, 4) is 5.75 Å². The van der Waals surface area contributed by atoms with E-state index in [-0.39, 0.29) is 17.2 Å². The van der Waals surface area contributed by atoms with E-state index in [1.54, 1.807) is 33.1 Å². The molecule has 1 fully saturated rings. The number of nitro benzene ring substituents is 1. The second kappa shape index (κ2) is 11.2. The maximum absolute atomic E-state index is 12.3. The Kier molecular flexibility index (Phi) is 7.52. The number of hydrogen-bond donors (Lipinski definition) is 2. The Labute approximate surface area is 230 Å². The number of carboxylic acid groups (broad SMARTS) is 1. The Morgan fingerprint density at radius 3 is 2.60 bits per heavy atom. The Balaban J connectivity index is 1.37. The van der Waals surface area contributed by atoms with Gasteiger partial charge in [-0.25, -0.2) is 4.79 Å². The van der Waals surface area contributed by atoms with Gasteiger partial charge in [-0.05, 0) is 31.5 Å². The van der Waals surface area contributed by atoms with Crippen molar-refractivity contribution in [1.82, 2.24) is 20.4 Å². The number of non-ortho nitro benzene ring substituents is 1. The van der Waals surface area contributed by atoms with E-state index in [4.69, 9.17) is 9.26 Å². The van der Waals surface area contributed by atoms with Crippen LogP contribution in [0.3, 0.4) is 0 Å². The molecule has 3 aromatic rings. The van der Waals surface area contributed by atoms with Crippen molar-refractivity contribution < 1.29 is 24.1 Å². The molecule has 1 saturated heterocycles. The molecule has 1 atom stereocenters. The van der Waals surface area contributed by atoms with E-state index in [1.807, 2.05) is 24.3 Å². The third-order valence-electron chi connectivity index (χ3n) is 7.27. The van der Waals surface area contributed by atoms with Gasteiger partial charge in [-0.1, -0.05) is 29.4 Å². The highest BCUT2D eigenvalue weighted by Crippen LogP contribution is 2.43. The Bertz CT molecular complexity index is 1500. The minimum absolute atomic E-state index is 0.0632. The number of allylic oxidation sites excluding steroid dienone is 3. The largest absolute Gasteiger partial charge is 0.495 e. The number of para-hydroxylation sites is 2. The number of rotatable bonds is 8. The number of anilines is 1. The lowest BCUT2D eigenvalue weighted by Crippen LogP contribution is -2.46. The minimum atomic E-state index is -1.14. The number of nitro groups is 1. The summed E-state index contributed by atoms with van der Waals surface area (Å²) in [7, 11) is 1.67. The summed E-state index contributed by atoms with van der Waals surface area (Å²) in [5.41, 5.74) is 3.00. The zero-order valence-electron chi connectivity index (χ0n) is 22.5. The van der Waals surface area contributed by atoms with Gasteiger partial charge in [0.15, 0.2) is 5.82 Å². The Morgan fingerprint density at radius 1 is 1.15 bits per heavy atom. The second-order valence-corrected chi connectivity index (χ2v) is 9.74. The predicted molar refractivity (Wildman–Crippen MR) is 147 cm³/mol. The molecule has 12 nitrogen and oxygen atoms in total. The molecule has 0 spiro atoms. The van der Waals surface area contributed by atoms with E-state index in [1.165, 1.54) is 12.1 Å². The van der Waals surface area contributed by atoms with Gasteiger partial charge in [0.1, 0.15) is 5.75 Å². The minimum Gasteiger partial charge on any atom is -0.495 e. The van der Waals surface area contributed by atoms with Gasteiger partial charge in [-0.2, -0.15) is 4.98 Å². The molecule has 1 aromatic heterocycles. The summed E-state index contributed by atoms with van der Waals surface area (Å²) in [6.45, 7) is 7.10. The van der Waals surface area contributed by atoms with E-state index in [2.05, 4.69) is 25.3 Å². The van der Waals surface area contributed by atoms with Gasteiger partial charge >= 0.3 is 5.97 Å². The second-order valence-electron chi connectivity index (χ2n) is 9.74. The summed E-state index contributed by atoms with van der Waals surface area (Å²) >= 11 is 0. The number of carboxylic acids is 1. The van der Waals surface area contributed by atoms with Crippen molar-refractivity contribution in [2.75, 3.05) is 38.2 Å². The standard InChI is InChI=1S/C28H30N6O6/c1-17-24(26(25(28(35)36)18(2)29-17)19-7-6-8-20(15-19)34(37)38)27-30-23(31-40-27)16-32-11-13-33(14-12-32)21-9-4-5-10-22(21)39-3/h4-10,15,26,29H,11-14,16H2,1-3H3,(H,35,36). The van der Waals surface area contributed by atoms with Crippen molar-refractivity contribution in [1.29, 1.82) is 0 Å². The summed E-state index contributed by atoms with van der Waals surface area (Å²) < 4.78 is 11.2. The van der Waals surface area contributed by atoms with Crippen LogP contribution in [0.15, 0.2) is 70.0 Å². The monoisotopic (exact) mass is 546 g/mol. The molecule has 2 aromatic carbocycles. The first-order chi connectivity index (χ1) is 19.3.